The highest BCUT2D eigenvalue weighted by molar-refractivity contribution is 5.89. The van der Waals surface area contributed by atoms with Crippen molar-refractivity contribution in [2.24, 2.45) is 5.92 Å². The van der Waals surface area contributed by atoms with Crippen molar-refractivity contribution in [3.63, 3.8) is 0 Å². The fourth-order valence-corrected chi connectivity index (χ4v) is 3.08. The monoisotopic (exact) mass is 485 g/mol. The molecule has 0 fully saturated rings. The number of nitrogens with one attached hydrogen (secondary N) is 3. The molecule has 0 radical (unpaired) electrons. The zero-order valence-corrected chi connectivity index (χ0v) is 19.9. The summed E-state index contributed by atoms with van der Waals surface area (Å²) in [4.78, 5) is 37.2. The van der Waals surface area contributed by atoms with Gasteiger partial charge in [-0.25, -0.2) is 9.18 Å². The van der Waals surface area contributed by atoms with E-state index in [4.69, 9.17) is 9.84 Å². The second-order valence-electron chi connectivity index (χ2n) is 8.17. The topological polar surface area (TPSA) is 117 Å². The Bertz CT molecular complexity index is 985. The fourth-order valence-electron chi connectivity index (χ4n) is 3.08. The zero-order valence-electron chi connectivity index (χ0n) is 19.9. The van der Waals surface area contributed by atoms with Crippen molar-refractivity contribution >= 4 is 17.9 Å². The number of carbonyl (C=O) groups excluding carboxylic acids is 3. The first-order chi connectivity index (χ1) is 16.8. The van der Waals surface area contributed by atoms with E-state index in [0.29, 0.717) is 0 Å². The van der Waals surface area contributed by atoms with Crippen LogP contribution in [0, 0.1) is 5.92 Å². The van der Waals surface area contributed by atoms with Crippen LogP contribution in [0.2, 0.25) is 0 Å². The number of benzene rings is 2. The van der Waals surface area contributed by atoms with Crippen molar-refractivity contribution in [3.05, 3.63) is 83.7 Å². The highest BCUT2D eigenvalue weighted by Gasteiger charge is 2.24. The maximum atomic E-state index is 14.3. The van der Waals surface area contributed by atoms with Crippen LogP contribution >= 0.6 is 0 Å². The standard InChI is InChI=1S/C26H32FN3O5/c1-18(16-31)13-22(27)19(2)29-25(33)23(14-20-9-5-3-6-10-20)30-24(32)15-28-26(34)35-17-21-11-7-4-8-12-21/h3-13,18-19,23,31H,14-17H2,1-2H3,(H,28,34)(H,29,33)(H,30,32)/b22-13+/t18-,19+,23+/m1/s1. The minimum atomic E-state index is -1.00. The van der Waals surface area contributed by atoms with Crippen LogP contribution < -0.4 is 16.0 Å². The molecule has 0 heterocycles. The molecule has 0 aliphatic carbocycles. The number of rotatable bonds is 12. The van der Waals surface area contributed by atoms with E-state index < -0.39 is 48.3 Å². The van der Waals surface area contributed by atoms with Crippen molar-refractivity contribution in [1.29, 1.82) is 0 Å². The third-order valence-electron chi connectivity index (χ3n) is 5.04. The van der Waals surface area contributed by atoms with Crippen LogP contribution in [0.5, 0.6) is 0 Å². The van der Waals surface area contributed by atoms with E-state index in [1.807, 2.05) is 24.3 Å². The summed E-state index contributed by atoms with van der Waals surface area (Å²) >= 11 is 0. The first kappa shape index (κ1) is 27.5. The first-order valence-corrected chi connectivity index (χ1v) is 11.3. The van der Waals surface area contributed by atoms with E-state index in [-0.39, 0.29) is 19.6 Å². The summed E-state index contributed by atoms with van der Waals surface area (Å²) < 4.78 is 19.4. The number of aliphatic hydroxyl groups excluding tert-OH is 1. The van der Waals surface area contributed by atoms with Crippen molar-refractivity contribution < 1.29 is 28.6 Å². The summed E-state index contributed by atoms with van der Waals surface area (Å²) in [5.74, 6) is -2.17. The van der Waals surface area contributed by atoms with Crippen molar-refractivity contribution in [2.45, 2.75) is 39.0 Å². The Labute approximate surface area is 204 Å². The molecular weight excluding hydrogens is 453 g/mol. The second-order valence-corrected chi connectivity index (χ2v) is 8.17. The van der Waals surface area contributed by atoms with E-state index >= 15 is 0 Å². The summed E-state index contributed by atoms with van der Waals surface area (Å²) in [5, 5.41) is 16.6. The Kier molecular flexibility index (Phi) is 11.4. The van der Waals surface area contributed by atoms with Crippen LogP contribution in [0.15, 0.2) is 72.6 Å². The molecule has 9 heteroatoms. The predicted molar refractivity (Wildman–Crippen MR) is 130 cm³/mol. The van der Waals surface area contributed by atoms with Gasteiger partial charge in [-0.15, -0.1) is 0 Å². The summed E-state index contributed by atoms with van der Waals surface area (Å²) in [6.45, 7) is 2.55. The Morgan fingerprint density at radius 2 is 1.57 bits per heavy atom. The molecule has 2 aromatic carbocycles. The molecule has 0 aromatic heterocycles. The lowest BCUT2D eigenvalue weighted by Gasteiger charge is -2.21. The molecule has 3 amide bonds. The van der Waals surface area contributed by atoms with Gasteiger partial charge in [0.05, 0.1) is 6.04 Å². The Balaban J connectivity index is 1.94. The Morgan fingerprint density at radius 1 is 0.971 bits per heavy atom. The summed E-state index contributed by atoms with van der Waals surface area (Å²) in [7, 11) is 0. The summed E-state index contributed by atoms with van der Waals surface area (Å²) in [5.41, 5.74) is 1.59. The molecule has 0 bridgehead atoms. The number of aliphatic hydroxyl groups is 1. The minimum absolute atomic E-state index is 0.0548. The van der Waals surface area contributed by atoms with Gasteiger partial charge in [0, 0.05) is 13.0 Å². The molecule has 0 saturated heterocycles. The number of alkyl carbamates (subject to hydrolysis) is 1. The highest BCUT2D eigenvalue weighted by atomic mass is 19.1. The van der Waals surface area contributed by atoms with Gasteiger partial charge in [0.25, 0.3) is 0 Å². The van der Waals surface area contributed by atoms with Crippen molar-refractivity contribution in [2.75, 3.05) is 13.2 Å². The van der Waals surface area contributed by atoms with E-state index in [1.165, 1.54) is 13.0 Å². The number of hydrogen-bond donors (Lipinski definition) is 4. The fraction of sp³-hybridized carbons (Fsp3) is 0.346. The van der Waals surface area contributed by atoms with Gasteiger partial charge in [-0.3, -0.25) is 9.59 Å². The highest BCUT2D eigenvalue weighted by Crippen LogP contribution is 2.10. The van der Waals surface area contributed by atoms with Crippen LogP contribution in [0.25, 0.3) is 0 Å². The lowest BCUT2D eigenvalue weighted by Crippen LogP contribution is -2.52. The van der Waals surface area contributed by atoms with E-state index in [1.54, 1.807) is 43.3 Å². The summed E-state index contributed by atoms with van der Waals surface area (Å²) in [6, 6.07) is 16.2. The van der Waals surface area contributed by atoms with Gasteiger partial charge in [-0.2, -0.15) is 0 Å². The molecule has 0 saturated carbocycles. The zero-order chi connectivity index (χ0) is 25.6. The lowest BCUT2D eigenvalue weighted by atomic mass is 10.0. The van der Waals surface area contributed by atoms with Gasteiger partial charge in [-0.05, 0) is 30.0 Å². The van der Waals surface area contributed by atoms with Crippen LogP contribution in [0.1, 0.15) is 25.0 Å². The average molecular weight is 486 g/mol. The van der Waals surface area contributed by atoms with Crippen LogP contribution in [-0.2, 0) is 27.4 Å². The predicted octanol–water partition coefficient (Wildman–Crippen LogP) is 2.63. The Hall–Kier alpha value is -3.72. The maximum absolute atomic E-state index is 14.3. The lowest BCUT2D eigenvalue weighted by molar-refractivity contribution is -0.128. The van der Waals surface area contributed by atoms with Gasteiger partial charge in [0.15, 0.2) is 0 Å². The van der Waals surface area contributed by atoms with E-state index in [2.05, 4.69) is 16.0 Å². The minimum Gasteiger partial charge on any atom is -0.445 e. The van der Waals surface area contributed by atoms with E-state index in [9.17, 15) is 18.8 Å². The molecule has 4 N–H and O–H groups in total. The largest absolute Gasteiger partial charge is 0.445 e. The normalized spacial score (nSPS) is 13.8. The van der Waals surface area contributed by atoms with Crippen LogP contribution in [-0.4, -0.2) is 48.2 Å². The average Bonchev–Trinajstić information content (AvgIpc) is 2.86. The smallest absolute Gasteiger partial charge is 0.407 e. The molecule has 2 aromatic rings. The molecule has 0 unspecified atom stereocenters. The third kappa shape index (κ3) is 10.4. The number of ether oxygens (including phenoxy) is 1. The second kappa shape index (κ2) is 14.5. The van der Waals surface area contributed by atoms with Gasteiger partial charge in [0.1, 0.15) is 25.0 Å². The molecule has 8 nitrogen and oxygen atoms in total. The van der Waals surface area contributed by atoms with E-state index in [0.717, 1.165) is 11.1 Å². The molecule has 3 atom stereocenters. The summed E-state index contributed by atoms with van der Waals surface area (Å²) in [6.07, 6.45) is 0.634. The first-order valence-electron chi connectivity index (χ1n) is 11.3. The van der Waals surface area contributed by atoms with Crippen molar-refractivity contribution in [3.8, 4) is 0 Å². The van der Waals surface area contributed by atoms with Crippen LogP contribution in [0.3, 0.4) is 0 Å². The quantitative estimate of drug-likeness (QED) is 0.369. The molecule has 188 valence electrons. The third-order valence-corrected chi connectivity index (χ3v) is 5.04. The van der Waals surface area contributed by atoms with Gasteiger partial charge < -0.3 is 25.8 Å². The molecule has 35 heavy (non-hydrogen) atoms. The maximum Gasteiger partial charge on any atom is 0.407 e. The molecular formula is C26H32FN3O5. The number of hydrogen-bond acceptors (Lipinski definition) is 5. The number of carbonyl (C=O) groups is 3. The van der Waals surface area contributed by atoms with Gasteiger partial charge in [0.2, 0.25) is 11.8 Å². The molecule has 0 spiro atoms. The van der Waals surface area contributed by atoms with Gasteiger partial charge >= 0.3 is 6.09 Å². The molecule has 0 aliphatic rings. The molecule has 2 rings (SSSR count). The van der Waals surface area contributed by atoms with Gasteiger partial charge in [-0.1, -0.05) is 67.6 Å². The Morgan fingerprint density at radius 3 is 2.17 bits per heavy atom. The van der Waals surface area contributed by atoms with Crippen LogP contribution in [0.4, 0.5) is 9.18 Å². The molecule has 0 aliphatic heterocycles. The SMILES string of the molecule is C[C@H](/C=C(/F)[C@H](C)NC(=O)[C@H](Cc1ccccc1)NC(=O)CNC(=O)OCc1ccccc1)CO. The number of amides is 3. The number of halogens is 1. The van der Waals surface area contributed by atoms with Crippen molar-refractivity contribution in [1.82, 2.24) is 16.0 Å².